The molecule has 0 saturated heterocycles. The maximum absolute atomic E-state index is 13.1. The van der Waals surface area contributed by atoms with Gasteiger partial charge in [0.15, 0.2) is 12.2 Å². The molecule has 0 rings (SSSR count). The van der Waals surface area contributed by atoms with E-state index in [9.17, 15) is 43.2 Å². The minimum atomic E-state index is -4.96. The van der Waals surface area contributed by atoms with E-state index in [1.54, 1.807) is 0 Å². The van der Waals surface area contributed by atoms with E-state index in [1.165, 1.54) is 205 Å². The number of aliphatic hydroxyl groups is 1. The van der Waals surface area contributed by atoms with Gasteiger partial charge in [-0.1, -0.05) is 350 Å². The smallest absolute Gasteiger partial charge is 0.462 e. The van der Waals surface area contributed by atoms with E-state index in [1.807, 2.05) is 0 Å². The quantitative estimate of drug-likeness (QED) is 0.0222. The highest BCUT2D eigenvalue weighted by Crippen LogP contribution is 2.45. The lowest BCUT2D eigenvalue weighted by Gasteiger charge is -2.21. The first-order valence-corrected chi connectivity index (χ1v) is 43.4. The number of unbranched alkanes of at least 4 members (excludes halogenated alkanes) is 43. The fourth-order valence-electron chi connectivity index (χ4n) is 11.9. The molecule has 0 heterocycles. The Kier molecular flexibility index (Phi) is 67.1. The van der Waals surface area contributed by atoms with Crippen molar-refractivity contribution in [2.75, 3.05) is 39.6 Å². The van der Waals surface area contributed by atoms with Gasteiger partial charge in [-0.25, -0.2) is 9.13 Å². The number of hydrogen-bond donors (Lipinski definition) is 3. The Hall–Kier alpha value is -1.94. The lowest BCUT2D eigenvalue weighted by Crippen LogP contribution is -2.30. The van der Waals surface area contributed by atoms with Gasteiger partial charge in [0.2, 0.25) is 0 Å². The lowest BCUT2D eigenvalue weighted by molar-refractivity contribution is -0.161. The highest BCUT2D eigenvalue weighted by atomic mass is 31.2. The summed E-state index contributed by atoms with van der Waals surface area (Å²) in [4.78, 5) is 72.9. The second kappa shape index (κ2) is 68.5. The molecular formula is C78H152O17P2. The summed E-state index contributed by atoms with van der Waals surface area (Å²) in [5.74, 6) is 0.157. The van der Waals surface area contributed by atoms with E-state index in [0.717, 1.165) is 108 Å². The van der Waals surface area contributed by atoms with Gasteiger partial charge in [-0.05, 0) is 43.4 Å². The van der Waals surface area contributed by atoms with Crippen molar-refractivity contribution in [3.63, 3.8) is 0 Å². The predicted octanol–water partition coefficient (Wildman–Crippen LogP) is 23.0. The van der Waals surface area contributed by atoms with Crippen LogP contribution < -0.4 is 0 Å². The largest absolute Gasteiger partial charge is 0.472 e. The molecular weight excluding hydrogens is 1270 g/mol. The summed E-state index contributed by atoms with van der Waals surface area (Å²) in [6.07, 6.45) is 55.6. The molecule has 0 radical (unpaired) electrons. The number of aliphatic hydroxyl groups excluding tert-OH is 1. The summed E-state index contributed by atoms with van der Waals surface area (Å²) in [5, 5.41) is 10.6. The van der Waals surface area contributed by atoms with Gasteiger partial charge in [-0.15, -0.1) is 0 Å². The number of carbonyl (C=O) groups excluding carboxylic acids is 4. The highest BCUT2D eigenvalue weighted by molar-refractivity contribution is 7.47. The van der Waals surface area contributed by atoms with Gasteiger partial charge >= 0.3 is 39.5 Å². The average molecular weight is 1420 g/mol. The summed E-state index contributed by atoms with van der Waals surface area (Å²) in [6, 6.07) is 0. The van der Waals surface area contributed by atoms with E-state index in [-0.39, 0.29) is 25.7 Å². The number of hydrogen-bond acceptors (Lipinski definition) is 15. The van der Waals surface area contributed by atoms with Crippen molar-refractivity contribution in [3.05, 3.63) is 0 Å². The third-order valence-electron chi connectivity index (χ3n) is 18.5. The van der Waals surface area contributed by atoms with Crippen molar-refractivity contribution < 1.29 is 80.2 Å². The summed E-state index contributed by atoms with van der Waals surface area (Å²) in [6.45, 7) is 11.9. The first-order valence-electron chi connectivity index (χ1n) is 40.4. The van der Waals surface area contributed by atoms with Gasteiger partial charge < -0.3 is 33.8 Å². The third-order valence-corrected chi connectivity index (χ3v) is 20.4. The monoisotopic (exact) mass is 1420 g/mol. The molecule has 0 fully saturated rings. The molecule has 0 aliphatic carbocycles. The molecule has 0 aromatic carbocycles. The zero-order valence-electron chi connectivity index (χ0n) is 63.5. The molecule has 0 amide bonds. The number of phosphoric ester groups is 2. The molecule has 0 aromatic rings. The fourth-order valence-corrected chi connectivity index (χ4v) is 13.5. The van der Waals surface area contributed by atoms with Gasteiger partial charge in [0.05, 0.1) is 26.4 Å². The number of rotatable bonds is 76. The van der Waals surface area contributed by atoms with Crippen molar-refractivity contribution in [2.24, 2.45) is 17.8 Å². The number of phosphoric acid groups is 2. The lowest BCUT2D eigenvalue weighted by atomic mass is 9.99. The van der Waals surface area contributed by atoms with Crippen molar-refractivity contribution in [3.8, 4) is 0 Å². The number of ether oxygens (including phenoxy) is 4. The minimum Gasteiger partial charge on any atom is -0.462 e. The van der Waals surface area contributed by atoms with Crippen molar-refractivity contribution >= 4 is 39.5 Å². The molecule has 0 aliphatic heterocycles. The molecule has 0 spiro atoms. The van der Waals surface area contributed by atoms with Crippen LogP contribution in [0.1, 0.15) is 402 Å². The van der Waals surface area contributed by atoms with Crippen LogP contribution >= 0.6 is 15.6 Å². The molecule has 97 heavy (non-hydrogen) atoms. The molecule has 3 N–H and O–H groups in total. The van der Waals surface area contributed by atoms with E-state index in [2.05, 4.69) is 48.5 Å². The van der Waals surface area contributed by atoms with E-state index >= 15 is 0 Å². The molecule has 19 heteroatoms. The van der Waals surface area contributed by atoms with Crippen molar-refractivity contribution in [1.29, 1.82) is 0 Å². The minimum absolute atomic E-state index is 0.105. The molecule has 576 valence electrons. The second-order valence-corrected chi connectivity index (χ2v) is 32.2. The summed E-state index contributed by atoms with van der Waals surface area (Å²) >= 11 is 0. The zero-order valence-corrected chi connectivity index (χ0v) is 65.3. The topological polar surface area (TPSA) is 237 Å². The Morgan fingerprint density at radius 3 is 0.784 bits per heavy atom. The van der Waals surface area contributed by atoms with Gasteiger partial charge in [-0.3, -0.25) is 37.3 Å². The molecule has 0 aliphatic rings. The standard InChI is InChI=1S/C78H152O17P2/c1-8-10-11-12-13-14-15-16-17-18-19-20-23-27-33-38-47-54-61-77(82)94-73(65-88-75(80)59-52-45-37-32-26-24-21-22-25-30-35-42-49-56-69(3)4)67-92-96(84,85)90-63-72(79)64-91-97(86,87)93-68-74(66-89-76(81)60-53-46-41-40-43-50-57-70(5)6)95-78(83)62-55-48-39-34-29-28-31-36-44-51-58-71(7)9-2/h69-74,79H,8-68H2,1-7H3,(H,84,85)(H,86,87)/t71?,72-,73-,74-/m1/s1. The first-order chi connectivity index (χ1) is 46.8. The van der Waals surface area contributed by atoms with E-state index < -0.39 is 97.5 Å². The van der Waals surface area contributed by atoms with Gasteiger partial charge in [0, 0.05) is 25.7 Å². The van der Waals surface area contributed by atoms with Crippen LogP contribution in [0, 0.1) is 17.8 Å². The van der Waals surface area contributed by atoms with Crippen LogP contribution in [0.4, 0.5) is 0 Å². The summed E-state index contributed by atoms with van der Waals surface area (Å²) < 4.78 is 68.6. The Labute approximate surface area is 594 Å². The Balaban J connectivity index is 5.24. The van der Waals surface area contributed by atoms with Crippen molar-refractivity contribution in [2.45, 2.75) is 420 Å². The summed E-state index contributed by atoms with van der Waals surface area (Å²) in [5.41, 5.74) is 0. The van der Waals surface area contributed by atoms with Crippen LogP contribution in [0.5, 0.6) is 0 Å². The molecule has 17 nitrogen and oxygen atoms in total. The maximum Gasteiger partial charge on any atom is 0.472 e. The Morgan fingerprint density at radius 2 is 0.526 bits per heavy atom. The van der Waals surface area contributed by atoms with Crippen LogP contribution in [0.25, 0.3) is 0 Å². The van der Waals surface area contributed by atoms with Crippen LogP contribution in [0.15, 0.2) is 0 Å². The fraction of sp³-hybridized carbons (Fsp3) is 0.949. The average Bonchev–Trinajstić information content (AvgIpc) is 1.03. The predicted molar refractivity (Wildman–Crippen MR) is 395 cm³/mol. The third kappa shape index (κ3) is 70.9. The first kappa shape index (κ1) is 95.1. The van der Waals surface area contributed by atoms with E-state index in [0.29, 0.717) is 31.6 Å². The molecule has 0 aromatic heterocycles. The molecule has 3 unspecified atom stereocenters. The molecule has 6 atom stereocenters. The van der Waals surface area contributed by atoms with Crippen LogP contribution in [0.2, 0.25) is 0 Å². The normalized spacial score (nSPS) is 14.3. The van der Waals surface area contributed by atoms with Crippen LogP contribution in [-0.4, -0.2) is 96.7 Å². The number of carbonyl (C=O) groups is 4. The zero-order chi connectivity index (χ0) is 71.6. The highest BCUT2D eigenvalue weighted by Gasteiger charge is 2.30. The Bertz CT molecular complexity index is 1890. The number of esters is 4. The van der Waals surface area contributed by atoms with Gasteiger partial charge in [-0.2, -0.15) is 0 Å². The summed E-state index contributed by atoms with van der Waals surface area (Å²) in [7, 11) is -9.92. The Morgan fingerprint density at radius 1 is 0.299 bits per heavy atom. The van der Waals surface area contributed by atoms with Crippen LogP contribution in [0.3, 0.4) is 0 Å². The second-order valence-electron chi connectivity index (χ2n) is 29.3. The SMILES string of the molecule is CCCCCCCCCCCCCCCCCCCCC(=O)O[C@H](COC(=O)CCCCCCCCCCCCCCCC(C)C)COP(=O)(O)OC[C@@H](O)COP(=O)(O)OC[C@@H](COC(=O)CCCCCCCCC(C)C)OC(=O)CCCCCCCCCCCCC(C)CC. The van der Waals surface area contributed by atoms with Crippen molar-refractivity contribution in [1.82, 2.24) is 0 Å². The maximum atomic E-state index is 13.1. The van der Waals surface area contributed by atoms with Gasteiger partial charge in [0.1, 0.15) is 19.3 Å². The molecule has 0 bridgehead atoms. The van der Waals surface area contributed by atoms with Crippen LogP contribution in [-0.2, 0) is 65.4 Å². The van der Waals surface area contributed by atoms with E-state index in [4.69, 9.17) is 37.0 Å². The molecule has 0 saturated carbocycles. The van der Waals surface area contributed by atoms with Gasteiger partial charge in [0.25, 0.3) is 0 Å².